The summed E-state index contributed by atoms with van der Waals surface area (Å²) in [5.74, 6) is -2.81. The van der Waals surface area contributed by atoms with E-state index in [1.165, 1.54) is 18.3 Å². The monoisotopic (exact) mass is 580 g/mol. The van der Waals surface area contributed by atoms with Gasteiger partial charge in [0.2, 0.25) is 17.7 Å². The minimum atomic E-state index is -2.70. The van der Waals surface area contributed by atoms with Gasteiger partial charge in [-0.2, -0.15) is 0 Å². The van der Waals surface area contributed by atoms with E-state index in [4.69, 9.17) is 10.8 Å². The molecule has 2 rings (SSSR count). The molecule has 0 spiro atoms. The zero-order chi connectivity index (χ0) is 30.2. The molecule has 1 heterocycles. The third kappa shape index (κ3) is 9.67. The Morgan fingerprint density at radius 1 is 1.20 bits per heavy atom. The molecule has 1 saturated carbocycles. The van der Waals surface area contributed by atoms with Gasteiger partial charge in [-0.05, 0) is 44.7 Å². The molecule has 1 aliphatic rings. The van der Waals surface area contributed by atoms with Gasteiger partial charge in [-0.15, -0.1) is 11.3 Å². The molecular formula is C29H46F2N6O2S. The SMILES string of the molecule is C=C(CC(CC)N(C(C)=N)C(=N)C(C)C)N(C)CCC(NC(=O)C1CCC(F)(F)CC1)c1ccc(NC(C)=O)s1. The number of hydrogen-bond acceptors (Lipinski definition) is 6. The predicted molar refractivity (Wildman–Crippen MR) is 159 cm³/mol. The van der Waals surface area contributed by atoms with Crippen molar-refractivity contribution in [2.75, 3.05) is 18.9 Å². The van der Waals surface area contributed by atoms with Gasteiger partial charge in [-0.3, -0.25) is 20.4 Å². The van der Waals surface area contributed by atoms with Crippen molar-refractivity contribution in [3.05, 3.63) is 29.3 Å². The van der Waals surface area contributed by atoms with E-state index in [2.05, 4.69) is 17.2 Å². The van der Waals surface area contributed by atoms with Crippen molar-refractivity contribution < 1.29 is 18.4 Å². The van der Waals surface area contributed by atoms with Gasteiger partial charge >= 0.3 is 0 Å². The van der Waals surface area contributed by atoms with Gasteiger partial charge in [-0.25, -0.2) is 8.78 Å². The maximum atomic E-state index is 13.6. The molecule has 2 atom stereocenters. The van der Waals surface area contributed by atoms with Crippen LogP contribution in [0.3, 0.4) is 0 Å². The van der Waals surface area contributed by atoms with Crippen molar-refractivity contribution in [1.29, 1.82) is 10.8 Å². The van der Waals surface area contributed by atoms with E-state index in [1.807, 2.05) is 38.8 Å². The van der Waals surface area contributed by atoms with Crippen LogP contribution in [0.2, 0.25) is 0 Å². The molecule has 0 bridgehead atoms. The van der Waals surface area contributed by atoms with Crippen LogP contribution in [0.15, 0.2) is 24.4 Å². The number of nitrogens with zero attached hydrogens (tertiary/aromatic N) is 2. The van der Waals surface area contributed by atoms with Crippen LogP contribution in [0, 0.1) is 22.7 Å². The fourth-order valence-electron chi connectivity index (χ4n) is 4.91. The van der Waals surface area contributed by atoms with Crippen LogP contribution in [0.1, 0.15) is 90.5 Å². The molecule has 11 heteroatoms. The van der Waals surface area contributed by atoms with Gasteiger partial charge in [0.15, 0.2) is 0 Å². The quantitative estimate of drug-likeness (QED) is 0.155. The lowest BCUT2D eigenvalue weighted by molar-refractivity contribution is -0.130. The van der Waals surface area contributed by atoms with Gasteiger partial charge < -0.3 is 20.4 Å². The van der Waals surface area contributed by atoms with E-state index in [1.54, 1.807) is 17.9 Å². The van der Waals surface area contributed by atoms with Crippen molar-refractivity contribution in [3.63, 3.8) is 0 Å². The van der Waals surface area contributed by atoms with Crippen LogP contribution in [0.4, 0.5) is 13.8 Å². The molecule has 0 radical (unpaired) electrons. The Bertz CT molecular complexity index is 1060. The molecule has 1 aromatic heterocycles. The van der Waals surface area contributed by atoms with Gasteiger partial charge in [0.05, 0.1) is 16.9 Å². The first-order valence-corrected chi connectivity index (χ1v) is 14.8. The summed E-state index contributed by atoms with van der Waals surface area (Å²) >= 11 is 1.38. The number of amidine groups is 2. The van der Waals surface area contributed by atoms with E-state index in [-0.39, 0.29) is 55.5 Å². The largest absolute Gasteiger partial charge is 0.378 e. The second-order valence-electron chi connectivity index (χ2n) is 11.1. The van der Waals surface area contributed by atoms with Crippen molar-refractivity contribution in [2.24, 2.45) is 11.8 Å². The number of nitrogens with one attached hydrogen (secondary N) is 4. The summed E-state index contributed by atoms with van der Waals surface area (Å²) in [7, 11) is 1.93. The number of rotatable bonds is 13. The van der Waals surface area contributed by atoms with Crippen molar-refractivity contribution >= 4 is 39.8 Å². The van der Waals surface area contributed by atoms with Crippen molar-refractivity contribution in [2.45, 2.75) is 97.6 Å². The van der Waals surface area contributed by atoms with Crippen LogP contribution < -0.4 is 10.6 Å². The number of hydrogen-bond donors (Lipinski definition) is 4. The molecule has 0 saturated heterocycles. The van der Waals surface area contributed by atoms with Crippen LogP contribution in [-0.2, 0) is 9.59 Å². The summed E-state index contributed by atoms with van der Waals surface area (Å²) < 4.78 is 27.3. The molecule has 2 unspecified atom stereocenters. The van der Waals surface area contributed by atoms with Gasteiger partial charge in [-0.1, -0.05) is 27.4 Å². The second kappa shape index (κ2) is 14.7. The van der Waals surface area contributed by atoms with E-state index in [0.717, 1.165) is 17.0 Å². The Balaban J connectivity index is 2.12. The lowest BCUT2D eigenvalue weighted by Gasteiger charge is -2.36. The van der Waals surface area contributed by atoms with E-state index < -0.39 is 11.8 Å². The Morgan fingerprint density at radius 2 is 1.82 bits per heavy atom. The van der Waals surface area contributed by atoms with Crippen LogP contribution in [0.5, 0.6) is 0 Å². The van der Waals surface area contributed by atoms with Gasteiger partial charge in [0, 0.05) is 68.2 Å². The molecule has 1 fully saturated rings. The number of carbonyl (C=O) groups excluding carboxylic acids is 2. The first-order chi connectivity index (χ1) is 18.6. The number of amides is 2. The Kier molecular flexibility index (Phi) is 12.3. The zero-order valence-corrected chi connectivity index (χ0v) is 25.5. The maximum absolute atomic E-state index is 13.6. The topological polar surface area (TPSA) is 112 Å². The summed E-state index contributed by atoms with van der Waals surface area (Å²) in [5.41, 5.74) is 0.861. The average Bonchev–Trinajstić information content (AvgIpc) is 3.32. The lowest BCUT2D eigenvalue weighted by Crippen LogP contribution is -2.45. The third-order valence-corrected chi connectivity index (χ3v) is 8.56. The fourth-order valence-corrected chi connectivity index (χ4v) is 5.95. The Labute approximate surface area is 241 Å². The van der Waals surface area contributed by atoms with Gasteiger partial charge in [0.25, 0.3) is 0 Å². The predicted octanol–water partition coefficient (Wildman–Crippen LogP) is 6.63. The molecule has 8 nitrogen and oxygen atoms in total. The molecule has 224 valence electrons. The molecule has 2 amide bonds. The van der Waals surface area contributed by atoms with E-state index in [9.17, 15) is 18.4 Å². The van der Waals surface area contributed by atoms with Crippen LogP contribution in [-0.4, -0.2) is 58.8 Å². The summed E-state index contributed by atoms with van der Waals surface area (Å²) in [6, 6.07) is 3.25. The molecule has 40 heavy (non-hydrogen) atoms. The van der Waals surface area contributed by atoms with E-state index >= 15 is 0 Å². The number of halogens is 2. The third-order valence-electron chi connectivity index (χ3n) is 7.44. The molecule has 0 aliphatic heterocycles. The number of thiophene rings is 1. The fraction of sp³-hybridized carbons (Fsp3) is 0.655. The zero-order valence-electron chi connectivity index (χ0n) is 24.7. The van der Waals surface area contributed by atoms with Crippen LogP contribution >= 0.6 is 11.3 Å². The number of anilines is 1. The first-order valence-electron chi connectivity index (χ1n) is 14.0. The average molecular weight is 581 g/mol. The normalized spacial score (nSPS) is 16.6. The minimum Gasteiger partial charge on any atom is -0.378 e. The summed E-state index contributed by atoms with van der Waals surface area (Å²) in [6.45, 7) is 13.9. The second-order valence-corrected chi connectivity index (χ2v) is 12.2. The molecule has 1 aliphatic carbocycles. The highest BCUT2D eigenvalue weighted by Gasteiger charge is 2.38. The summed E-state index contributed by atoms with van der Waals surface area (Å²) in [4.78, 5) is 29.3. The molecule has 1 aromatic rings. The minimum absolute atomic E-state index is 0.00622. The smallest absolute Gasteiger partial charge is 0.248 e. The standard InChI is InChI=1S/C29H46F2N6O2S/c1-8-23(37(20(5)32)27(33)18(2)3)17-19(4)36(7)16-13-24(25-9-10-26(40-25)34-21(6)38)35-28(39)22-11-14-29(30,31)15-12-22/h9-10,18,22-24,32-33H,4,8,11-17H2,1-3,5-7H3,(H,34,38)(H,35,39). The van der Waals surface area contributed by atoms with Crippen molar-refractivity contribution in [3.8, 4) is 0 Å². The lowest BCUT2D eigenvalue weighted by atomic mass is 9.86. The Morgan fingerprint density at radius 3 is 2.35 bits per heavy atom. The van der Waals surface area contributed by atoms with Crippen LogP contribution in [0.25, 0.3) is 0 Å². The van der Waals surface area contributed by atoms with Gasteiger partial charge in [0.1, 0.15) is 5.84 Å². The molecule has 0 aromatic carbocycles. The summed E-state index contributed by atoms with van der Waals surface area (Å²) in [6.07, 6.45) is 1.66. The highest BCUT2D eigenvalue weighted by Crippen LogP contribution is 2.37. The summed E-state index contributed by atoms with van der Waals surface area (Å²) in [5, 5.41) is 23.3. The number of carbonyl (C=O) groups is 2. The van der Waals surface area contributed by atoms with Crippen molar-refractivity contribution in [1.82, 2.24) is 15.1 Å². The molecular weight excluding hydrogens is 534 g/mol. The highest BCUT2D eigenvalue weighted by atomic mass is 32.1. The highest BCUT2D eigenvalue weighted by molar-refractivity contribution is 7.16. The first kappa shape index (κ1) is 33.4. The maximum Gasteiger partial charge on any atom is 0.248 e. The number of alkyl halides is 2. The van der Waals surface area contributed by atoms with E-state index in [0.29, 0.717) is 36.1 Å². The Hall–Kier alpha value is -2.82. The molecule has 4 N–H and O–H groups in total.